The number of sulfonamides is 1. The van der Waals surface area contributed by atoms with Crippen molar-refractivity contribution in [1.82, 2.24) is 9.62 Å². The predicted octanol–water partition coefficient (Wildman–Crippen LogP) is 1.73. The number of ether oxygens (including phenoxy) is 1. The van der Waals surface area contributed by atoms with Crippen molar-refractivity contribution in [2.24, 2.45) is 10.7 Å². The summed E-state index contributed by atoms with van der Waals surface area (Å²) in [5, 5.41) is 3.23. The first kappa shape index (κ1) is 20.9. The number of halogens is 1. The van der Waals surface area contributed by atoms with Crippen LogP contribution in [0.3, 0.4) is 0 Å². The summed E-state index contributed by atoms with van der Waals surface area (Å²) in [5.74, 6) is 0.438. The number of guanidine groups is 1. The molecule has 1 saturated heterocycles. The Bertz CT molecular complexity index is 681. The van der Waals surface area contributed by atoms with Crippen LogP contribution in [0.25, 0.3) is 0 Å². The molecule has 2 fully saturated rings. The van der Waals surface area contributed by atoms with Crippen molar-refractivity contribution < 1.29 is 13.2 Å². The number of hydrogen-bond acceptors (Lipinski definition) is 5. The molecule has 1 aromatic rings. The van der Waals surface area contributed by atoms with Crippen molar-refractivity contribution in [2.75, 3.05) is 26.3 Å². The molecule has 1 saturated carbocycles. The van der Waals surface area contributed by atoms with Gasteiger partial charge < -0.3 is 15.8 Å². The lowest BCUT2D eigenvalue weighted by molar-refractivity contribution is 0.0731. The number of nitrogens with one attached hydrogen (secondary N) is 1. The highest BCUT2D eigenvalue weighted by atomic mass is 127. The van der Waals surface area contributed by atoms with Crippen LogP contribution in [0.2, 0.25) is 0 Å². The molecule has 0 unspecified atom stereocenters. The summed E-state index contributed by atoms with van der Waals surface area (Å²) in [6, 6.07) is 3.89. The van der Waals surface area contributed by atoms with Crippen LogP contribution in [0.15, 0.2) is 21.3 Å². The summed E-state index contributed by atoms with van der Waals surface area (Å²) < 4.78 is 32.2. The van der Waals surface area contributed by atoms with Gasteiger partial charge in [-0.15, -0.1) is 35.3 Å². The molecule has 142 valence electrons. The second kappa shape index (κ2) is 9.49. The number of morpholine rings is 1. The van der Waals surface area contributed by atoms with Crippen LogP contribution in [-0.2, 0) is 21.3 Å². The van der Waals surface area contributed by atoms with Gasteiger partial charge in [-0.3, -0.25) is 0 Å². The Morgan fingerprint density at radius 2 is 2.00 bits per heavy atom. The van der Waals surface area contributed by atoms with Crippen molar-refractivity contribution in [3.63, 3.8) is 0 Å². The first-order chi connectivity index (χ1) is 11.6. The molecule has 25 heavy (non-hydrogen) atoms. The Balaban J connectivity index is 0.00000225. The van der Waals surface area contributed by atoms with Gasteiger partial charge in [0.2, 0.25) is 0 Å². The Labute approximate surface area is 170 Å². The van der Waals surface area contributed by atoms with Crippen LogP contribution >= 0.6 is 35.3 Å². The molecule has 1 aliphatic heterocycles. The van der Waals surface area contributed by atoms with Crippen molar-refractivity contribution >= 4 is 51.3 Å². The second-order valence-corrected chi connectivity index (χ2v) is 9.40. The molecular formula is C15H25IN4O3S2. The normalized spacial score (nSPS) is 20.4. The van der Waals surface area contributed by atoms with Crippen LogP contribution in [0.5, 0.6) is 0 Å². The van der Waals surface area contributed by atoms with E-state index in [1.54, 1.807) is 6.07 Å². The molecule has 3 rings (SSSR count). The maximum atomic E-state index is 12.6. The third-order valence-electron chi connectivity index (χ3n) is 4.31. The number of nitrogens with zero attached hydrogens (tertiary/aromatic N) is 2. The highest BCUT2D eigenvalue weighted by molar-refractivity contribution is 14.0. The molecule has 0 radical (unpaired) electrons. The van der Waals surface area contributed by atoms with Crippen LogP contribution in [0, 0.1) is 0 Å². The zero-order chi connectivity index (χ0) is 17.0. The molecule has 0 spiro atoms. The predicted molar refractivity (Wildman–Crippen MR) is 110 cm³/mol. The molecular weight excluding hydrogens is 475 g/mol. The Kier molecular flexibility index (Phi) is 7.92. The number of rotatable bonds is 5. The fraction of sp³-hybridized carbons (Fsp3) is 0.667. The van der Waals surface area contributed by atoms with Gasteiger partial charge in [0.25, 0.3) is 10.0 Å². The Morgan fingerprint density at radius 3 is 2.68 bits per heavy atom. The minimum Gasteiger partial charge on any atom is -0.379 e. The van der Waals surface area contributed by atoms with E-state index < -0.39 is 10.0 Å². The maximum Gasteiger partial charge on any atom is 0.252 e. The standard InChI is InChI=1S/C15H24N4O3S2.HI/c16-15(18-12-3-1-2-4-12)17-11-13-5-6-14(23-13)24(20,21)19-7-9-22-10-8-19;/h5-6,12H,1-4,7-11H2,(H3,16,17,18);1H. The van der Waals surface area contributed by atoms with Crippen molar-refractivity contribution in [3.05, 3.63) is 17.0 Å². The van der Waals surface area contributed by atoms with Crippen molar-refractivity contribution in [2.45, 2.75) is 42.5 Å². The first-order valence-electron chi connectivity index (χ1n) is 8.29. The molecule has 2 heterocycles. The van der Waals surface area contributed by atoms with Crippen molar-refractivity contribution in [1.29, 1.82) is 0 Å². The molecule has 7 nitrogen and oxygen atoms in total. The van der Waals surface area contributed by atoms with E-state index in [2.05, 4.69) is 10.3 Å². The topological polar surface area (TPSA) is 97.0 Å². The third-order valence-corrected chi connectivity index (χ3v) is 7.75. The monoisotopic (exact) mass is 500 g/mol. The molecule has 2 aliphatic rings. The lowest BCUT2D eigenvalue weighted by Gasteiger charge is -2.25. The fourth-order valence-electron chi connectivity index (χ4n) is 2.98. The van der Waals surface area contributed by atoms with E-state index in [4.69, 9.17) is 10.5 Å². The number of aliphatic imine (C=N–C) groups is 1. The lowest BCUT2D eigenvalue weighted by atomic mass is 10.2. The highest BCUT2D eigenvalue weighted by Gasteiger charge is 2.27. The number of nitrogens with two attached hydrogens (primary N) is 1. The van der Waals surface area contributed by atoms with E-state index in [9.17, 15) is 8.42 Å². The minimum atomic E-state index is -3.42. The van der Waals surface area contributed by atoms with Crippen LogP contribution in [0.4, 0.5) is 0 Å². The van der Waals surface area contributed by atoms with Gasteiger partial charge in [-0.25, -0.2) is 13.4 Å². The second-order valence-electron chi connectivity index (χ2n) is 6.06. The Hall–Kier alpha value is -0.430. The number of hydrogen-bond donors (Lipinski definition) is 2. The van der Waals surface area contributed by atoms with E-state index in [1.165, 1.54) is 28.5 Å². The average Bonchev–Trinajstić information content (AvgIpc) is 3.25. The molecule has 1 aromatic heterocycles. The summed E-state index contributed by atoms with van der Waals surface area (Å²) in [5.41, 5.74) is 5.91. The lowest BCUT2D eigenvalue weighted by Crippen LogP contribution is -2.40. The van der Waals surface area contributed by atoms with Gasteiger partial charge in [-0.1, -0.05) is 12.8 Å². The van der Waals surface area contributed by atoms with E-state index >= 15 is 0 Å². The molecule has 0 aromatic carbocycles. The average molecular weight is 500 g/mol. The van der Waals surface area contributed by atoms with Crippen LogP contribution < -0.4 is 11.1 Å². The summed E-state index contributed by atoms with van der Waals surface area (Å²) in [6.45, 7) is 2.11. The third kappa shape index (κ3) is 5.52. The molecule has 3 N–H and O–H groups in total. The molecule has 0 amide bonds. The first-order valence-corrected chi connectivity index (χ1v) is 10.5. The Morgan fingerprint density at radius 1 is 1.32 bits per heavy atom. The fourth-order valence-corrected chi connectivity index (χ4v) is 5.83. The van der Waals surface area contributed by atoms with Gasteiger partial charge in [0.15, 0.2) is 5.96 Å². The van der Waals surface area contributed by atoms with Gasteiger partial charge >= 0.3 is 0 Å². The SMILES string of the molecule is I.NC(=NCc1ccc(S(=O)(=O)N2CCOCC2)s1)NC1CCCC1. The van der Waals surface area contributed by atoms with Crippen molar-refractivity contribution in [3.8, 4) is 0 Å². The van der Waals surface area contributed by atoms with E-state index in [0.29, 0.717) is 49.1 Å². The quantitative estimate of drug-likeness (QED) is 0.365. The number of thiophene rings is 1. The van der Waals surface area contributed by atoms with E-state index in [-0.39, 0.29) is 24.0 Å². The molecule has 0 atom stereocenters. The minimum absolute atomic E-state index is 0. The van der Waals surface area contributed by atoms with Gasteiger partial charge in [-0.2, -0.15) is 4.31 Å². The molecule has 10 heteroatoms. The zero-order valence-electron chi connectivity index (χ0n) is 14.0. The van der Waals surface area contributed by atoms with Gasteiger partial charge in [-0.05, 0) is 25.0 Å². The smallest absolute Gasteiger partial charge is 0.252 e. The van der Waals surface area contributed by atoms with Gasteiger partial charge in [0.05, 0.1) is 19.8 Å². The zero-order valence-corrected chi connectivity index (χ0v) is 18.0. The maximum absolute atomic E-state index is 12.6. The summed E-state index contributed by atoms with van der Waals surface area (Å²) in [6.07, 6.45) is 4.74. The molecule has 0 bridgehead atoms. The van der Waals surface area contributed by atoms with Crippen LogP contribution in [0.1, 0.15) is 30.6 Å². The van der Waals surface area contributed by atoms with E-state index in [0.717, 1.165) is 17.7 Å². The van der Waals surface area contributed by atoms with E-state index in [1.807, 2.05) is 6.07 Å². The summed E-state index contributed by atoms with van der Waals surface area (Å²) in [4.78, 5) is 5.22. The van der Waals surface area contributed by atoms with Gasteiger partial charge in [0.1, 0.15) is 4.21 Å². The van der Waals surface area contributed by atoms with Crippen LogP contribution in [-0.4, -0.2) is 51.0 Å². The highest BCUT2D eigenvalue weighted by Crippen LogP contribution is 2.26. The van der Waals surface area contributed by atoms with Gasteiger partial charge in [0, 0.05) is 24.0 Å². The summed E-state index contributed by atoms with van der Waals surface area (Å²) >= 11 is 1.26. The largest absolute Gasteiger partial charge is 0.379 e. The molecule has 1 aliphatic carbocycles. The summed E-state index contributed by atoms with van der Waals surface area (Å²) in [7, 11) is -3.42.